The lowest BCUT2D eigenvalue weighted by Gasteiger charge is -2.29. The Morgan fingerprint density at radius 3 is 2.07 bits per heavy atom. The normalized spacial score (nSPS) is 15.5. The molecule has 290 valence electrons. The number of aromatic hydroxyl groups is 2. The molecule has 6 rings (SSSR count). The minimum atomic E-state index is -0.742. The molecule has 13 heteroatoms. The van der Waals surface area contributed by atoms with Crippen molar-refractivity contribution in [1.82, 2.24) is 15.5 Å². The second-order valence-electron chi connectivity index (χ2n) is 13.6. The number of imide groups is 1. The molecule has 0 saturated carbocycles. The Balaban J connectivity index is 0.947. The van der Waals surface area contributed by atoms with E-state index in [1.165, 1.54) is 4.90 Å². The number of carbonyl (C=O) groups is 5. The summed E-state index contributed by atoms with van der Waals surface area (Å²) in [5.74, 6) is -0.222. The molecule has 4 aromatic carbocycles. The highest BCUT2D eigenvalue weighted by Crippen LogP contribution is 2.37. The molecule has 0 aromatic heterocycles. The number of phenolic OH excluding ortho intramolecular Hbond substituents is 2. The Morgan fingerprint density at radius 2 is 1.43 bits per heavy atom. The molecule has 12 nitrogen and oxygen atoms in total. The first kappa shape index (κ1) is 39.6. The van der Waals surface area contributed by atoms with Crippen LogP contribution in [0.1, 0.15) is 77.6 Å². The van der Waals surface area contributed by atoms with E-state index in [0.717, 1.165) is 27.8 Å². The van der Waals surface area contributed by atoms with Crippen molar-refractivity contribution in [3.05, 3.63) is 119 Å². The van der Waals surface area contributed by atoms with Gasteiger partial charge in [-0.05, 0) is 102 Å². The van der Waals surface area contributed by atoms with Gasteiger partial charge in [0.05, 0.1) is 6.54 Å². The number of piperidine rings is 1. The molecule has 1 fully saturated rings. The van der Waals surface area contributed by atoms with E-state index < -0.39 is 11.9 Å². The van der Waals surface area contributed by atoms with E-state index in [9.17, 15) is 34.2 Å². The van der Waals surface area contributed by atoms with Crippen LogP contribution in [0.3, 0.4) is 0 Å². The zero-order valence-electron chi connectivity index (χ0n) is 30.7. The van der Waals surface area contributed by atoms with Gasteiger partial charge in [-0.1, -0.05) is 42.5 Å². The largest absolute Gasteiger partial charge is 0.508 e. The lowest BCUT2D eigenvalue weighted by molar-refractivity contribution is -0.137. The number of rotatable bonds is 16. The van der Waals surface area contributed by atoms with Crippen molar-refractivity contribution < 1.29 is 38.9 Å². The van der Waals surface area contributed by atoms with Crippen LogP contribution in [-0.2, 0) is 25.7 Å². The standard InChI is InChI=1S/C43H43ClN4O8/c44-23-22-33(27-8-14-30(49)15-9-27)41(28-10-16-31(50)17-11-28)29-12-18-32(19-13-29)56-25-24-45-38(51)6-1-2-7-39(52)46-36-5-3-4-34-35(36)26-48(43(34)55)37-20-21-40(53)47-42(37)54/h3-5,8-19,37,49-50H,1-2,6-7,20-26H2,(H,45,51)(H,46,52)(H,47,53,54). The molecule has 0 aliphatic carbocycles. The van der Waals surface area contributed by atoms with Gasteiger partial charge in [-0.2, -0.15) is 0 Å². The number of allylic oxidation sites excluding steroid dienone is 1. The number of amides is 5. The Bertz CT molecular complexity index is 2120. The Hall–Kier alpha value is -6.14. The number of benzene rings is 4. The molecule has 2 heterocycles. The van der Waals surface area contributed by atoms with E-state index in [1.807, 2.05) is 48.5 Å². The number of phenols is 2. The van der Waals surface area contributed by atoms with Crippen molar-refractivity contribution in [2.75, 3.05) is 24.3 Å². The topological polar surface area (TPSA) is 174 Å². The quantitative estimate of drug-likeness (QED) is 0.0390. The number of carbonyl (C=O) groups excluding carboxylic acids is 5. The van der Waals surface area contributed by atoms with Crippen molar-refractivity contribution in [3.63, 3.8) is 0 Å². The highest BCUT2D eigenvalue weighted by Gasteiger charge is 2.40. The number of nitrogens with one attached hydrogen (secondary N) is 3. The predicted octanol–water partition coefficient (Wildman–Crippen LogP) is 6.14. The summed E-state index contributed by atoms with van der Waals surface area (Å²) < 4.78 is 5.90. The SMILES string of the molecule is O=C(CCCCC(=O)Nc1cccc2c1CN(C1CCC(=O)NC1=O)C2=O)NCCOc1ccc(C(=C(CCCl)c2ccc(O)cc2)c2ccc(O)cc2)cc1. The summed E-state index contributed by atoms with van der Waals surface area (Å²) in [4.78, 5) is 63.7. The fourth-order valence-electron chi connectivity index (χ4n) is 6.97. The molecule has 0 bridgehead atoms. The van der Waals surface area contributed by atoms with Crippen molar-refractivity contribution in [2.45, 2.75) is 57.5 Å². The summed E-state index contributed by atoms with van der Waals surface area (Å²) in [6.07, 6.45) is 2.40. The molecule has 0 radical (unpaired) electrons. The summed E-state index contributed by atoms with van der Waals surface area (Å²) in [5.41, 5.74) is 6.20. The van der Waals surface area contributed by atoms with E-state index in [4.69, 9.17) is 16.3 Å². The first-order valence-corrected chi connectivity index (χ1v) is 19.1. The molecule has 2 aliphatic heterocycles. The number of ether oxygens (including phenoxy) is 1. The van der Waals surface area contributed by atoms with Crippen LogP contribution in [0.4, 0.5) is 5.69 Å². The average Bonchev–Trinajstić information content (AvgIpc) is 3.53. The summed E-state index contributed by atoms with van der Waals surface area (Å²) in [7, 11) is 0. The van der Waals surface area contributed by atoms with Gasteiger partial charge in [-0.3, -0.25) is 29.3 Å². The van der Waals surface area contributed by atoms with Crippen LogP contribution in [0.25, 0.3) is 11.1 Å². The van der Waals surface area contributed by atoms with Gasteiger partial charge in [0.25, 0.3) is 5.91 Å². The lowest BCUT2D eigenvalue weighted by Crippen LogP contribution is -2.52. The zero-order valence-corrected chi connectivity index (χ0v) is 31.4. The average molecular weight is 779 g/mol. The molecule has 1 saturated heterocycles. The Labute approximate surface area is 329 Å². The maximum atomic E-state index is 13.1. The molecular formula is C43H43ClN4O8. The van der Waals surface area contributed by atoms with E-state index in [0.29, 0.717) is 54.3 Å². The molecule has 1 unspecified atom stereocenters. The number of fused-ring (bicyclic) bond motifs is 1. The summed E-state index contributed by atoms with van der Waals surface area (Å²) in [5, 5.41) is 27.8. The van der Waals surface area contributed by atoms with E-state index in [1.54, 1.807) is 42.5 Å². The molecule has 5 N–H and O–H groups in total. The maximum absolute atomic E-state index is 13.1. The van der Waals surface area contributed by atoms with Gasteiger partial charge < -0.3 is 30.5 Å². The molecule has 2 aliphatic rings. The first-order chi connectivity index (χ1) is 27.1. The summed E-state index contributed by atoms with van der Waals surface area (Å²) in [6.45, 7) is 0.710. The Morgan fingerprint density at radius 1 is 0.804 bits per heavy atom. The first-order valence-electron chi connectivity index (χ1n) is 18.6. The van der Waals surface area contributed by atoms with Crippen molar-refractivity contribution in [1.29, 1.82) is 0 Å². The maximum Gasteiger partial charge on any atom is 0.255 e. The smallest absolute Gasteiger partial charge is 0.255 e. The van der Waals surface area contributed by atoms with Gasteiger partial charge in [0.15, 0.2) is 0 Å². The summed E-state index contributed by atoms with van der Waals surface area (Å²) >= 11 is 6.25. The third kappa shape index (κ3) is 9.74. The van der Waals surface area contributed by atoms with Gasteiger partial charge in [0.2, 0.25) is 23.6 Å². The van der Waals surface area contributed by atoms with Crippen LogP contribution < -0.4 is 20.7 Å². The lowest BCUT2D eigenvalue weighted by atomic mass is 9.88. The number of hydrogen-bond donors (Lipinski definition) is 5. The van der Waals surface area contributed by atoms with Crippen LogP contribution in [-0.4, -0.2) is 69.7 Å². The number of nitrogens with zero attached hydrogens (tertiary/aromatic N) is 1. The number of anilines is 1. The zero-order chi connectivity index (χ0) is 39.6. The second kappa shape index (κ2) is 18.5. The minimum Gasteiger partial charge on any atom is -0.508 e. The molecular weight excluding hydrogens is 736 g/mol. The van der Waals surface area contributed by atoms with Crippen LogP contribution in [0, 0.1) is 0 Å². The number of hydrogen-bond acceptors (Lipinski definition) is 8. The summed E-state index contributed by atoms with van der Waals surface area (Å²) in [6, 6.07) is 25.9. The van der Waals surface area contributed by atoms with E-state index >= 15 is 0 Å². The molecule has 0 spiro atoms. The molecule has 4 aromatic rings. The van der Waals surface area contributed by atoms with Crippen LogP contribution in [0.5, 0.6) is 17.2 Å². The number of alkyl halides is 1. The fourth-order valence-corrected chi connectivity index (χ4v) is 7.16. The van der Waals surface area contributed by atoms with Gasteiger partial charge in [-0.15, -0.1) is 11.6 Å². The van der Waals surface area contributed by atoms with Gasteiger partial charge in [-0.25, -0.2) is 0 Å². The highest BCUT2D eigenvalue weighted by atomic mass is 35.5. The molecule has 5 amide bonds. The third-order valence-corrected chi connectivity index (χ3v) is 9.96. The van der Waals surface area contributed by atoms with E-state index in [-0.39, 0.29) is 74.0 Å². The second-order valence-corrected chi connectivity index (χ2v) is 14.0. The predicted molar refractivity (Wildman–Crippen MR) is 212 cm³/mol. The van der Waals surface area contributed by atoms with Gasteiger partial charge in [0, 0.05) is 48.5 Å². The monoisotopic (exact) mass is 778 g/mol. The van der Waals surface area contributed by atoms with Crippen molar-refractivity contribution >= 4 is 58.0 Å². The van der Waals surface area contributed by atoms with Crippen molar-refractivity contribution in [2.24, 2.45) is 0 Å². The fraction of sp³-hybridized carbons (Fsp3) is 0.279. The van der Waals surface area contributed by atoms with Crippen molar-refractivity contribution in [3.8, 4) is 17.2 Å². The molecule has 56 heavy (non-hydrogen) atoms. The molecule has 1 atom stereocenters. The Kier molecular flexibility index (Phi) is 13.0. The van der Waals surface area contributed by atoms with Crippen LogP contribution >= 0.6 is 11.6 Å². The van der Waals surface area contributed by atoms with Gasteiger partial charge >= 0.3 is 0 Å². The highest BCUT2D eigenvalue weighted by molar-refractivity contribution is 6.18. The number of unbranched alkanes of at least 4 members (excludes halogenated alkanes) is 1. The van der Waals surface area contributed by atoms with Gasteiger partial charge in [0.1, 0.15) is 29.9 Å². The van der Waals surface area contributed by atoms with Crippen LogP contribution in [0.2, 0.25) is 0 Å². The third-order valence-electron chi connectivity index (χ3n) is 9.77. The van der Waals surface area contributed by atoms with Crippen LogP contribution in [0.15, 0.2) is 91.0 Å². The minimum absolute atomic E-state index is 0.151. The van der Waals surface area contributed by atoms with E-state index in [2.05, 4.69) is 16.0 Å². The number of halogens is 1.